The Balaban J connectivity index is 2.56. The van der Waals surface area contributed by atoms with E-state index in [-0.39, 0.29) is 5.60 Å². The van der Waals surface area contributed by atoms with Gasteiger partial charge in [-0.3, -0.25) is 15.3 Å². The average Bonchev–Trinajstić information content (AvgIpc) is 2.35. The molecular weight excluding hydrogens is 353 g/mol. The van der Waals surface area contributed by atoms with E-state index in [0.29, 0.717) is 11.3 Å². The lowest BCUT2D eigenvalue weighted by atomic mass is 10.1. The summed E-state index contributed by atoms with van der Waals surface area (Å²) in [5.41, 5.74) is 4.57. The molecule has 0 radical (unpaired) electrons. The molecule has 98 valence electrons. The lowest BCUT2D eigenvalue weighted by Gasteiger charge is -2.21. The minimum absolute atomic E-state index is 0.343. The molecule has 0 bridgehead atoms. The van der Waals surface area contributed by atoms with Gasteiger partial charge in [0.2, 0.25) is 0 Å². The standard InChI is InChI=1S/C14H14IN3O/c1-14(2,3)19-18-12-9(7-16)8-17-13-10(12)5-4-6-11(13)15/h4-6,8H,1-3H3,(H,17,18). The number of nitrogens with one attached hydrogen (secondary N) is 1. The third-order valence-electron chi connectivity index (χ3n) is 2.43. The van der Waals surface area contributed by atoms with Gasteiger partial charge in [0, 0.05) is 15.2 Å². The van der Waals surface area contributed by atoms with Crippen LogP contribution in [0.2, 0.25) is 0 Å². The molecule has 0 saturated carbocycles. The number of aromatic nitrogens is 1. The number of halogens is 1. The van der Waals surface area contributed by atoms with E-state index in [0.717, 1.165) is 14.5 Å². The number of fused-ring (bicyclic) bond motifs is 1. The highest BCUT2D eigenvalue weighted by Crippen LogP contribution is 2.29. The number of benzene rings is 1. The molecule has 4 nitrogen and oxygen atoms in total. The minimum Gasteiger partial charge on any atom is -0.270 e. The Bertz CT molecular complexity index is 656. The summed E-state index contributed by atoms with van der Waals surface area (Å²) in [6, 6.07) is 7.99. The van der Waals surface area contributed by atoms with Crippen molar-refractivity contribution in [1.82, 2.24) is 4.98 Å². The molecule has 0 unspecified atom stereocenters. The maximum Gasteiger partial charge on any atom is 0.103 e. The first-order valence-corrected chi connectivity index (χ1v) is 6.91. The van der Waals surface area contributed by atoms with Gasteiger partial charge in [-0.15, -0.1) is 0 Å². The van der Waals surface area contributed by atoms with Gasteiger partial charge in [0.25, 0.3) is 0 Å². The zero-order chi connectivity index (χ0) is 14.0. The fraction of sp³-hybridized carbons (Fsp3) is 0.286. The van der Waals surface area contributed by atoms with Gasteiger partial charge >= 0.3 is 0 Å². The largest absolute Gasteiger partial charge is 0.270 e. The quantitative estimate of drug-likeness (QED) is 0.647. The summed E-state index contributed by atoms with van der Waals surface area (Å²) in [6.45, 7) is 5.83. The van der Waals surface area contributed by atoms with E-state index in [1.54, 1.807) is 6.20 Å². The van der Waals surface area contributed by atoms with Crippen molar-refractivity contribution in [2.75, 3.05) is 5.48 Å². The van der Waals surface area contributed by atoms with Crippen LogP contribution in [0.1, 0.15) is 26.3 Å². The smallest absolute Gasteiger partial charge is 0.103 e. The molecule has 2 rings (SSSR count). The van der Waals surface area contributed by atoms with Gasteiger partial charge in [-0.05, 0) is 49.4 Å². The molecule has 1 aromatic carbocycles. The second-order valence-corrected chi connectivity index (χ2v) is 6.27. The predicted molar refractivity (Wildman–Crippen MR) is 83.6 cm³/mol. The van der Waals surface area contributed by atoms with Crippen molar-refractivity contribution in [1.29, 1.82) is 5.26 Å². The zero-order valence-electron chi connectivity index (χ0n) is 11.0. The third-order valence-corrected chi connectivity index (χ3v) is 3.30. The Kier molecular flexibility index (Phi) is 3.92. The van der Waals surface area contributed by atoms with Gasteiger partial charge in [0.1, 0.15) is 6.07 Å². The fourth-order valence-electron chi connectivity index (χ4n) is 1.59. The Morgan fingerprint density at radius 2 is 2.11 bits per heavy atom. The highest BCUT2D eigenvalue weighted by molar-refractivity contribution is 14.1. The number of rotatable bonds is 2. The van der Waals surface area contributed by atoms with Crippen LogP contribution >= 0.6 is 22.6 Å². The van der Waals surface area contributed by atoms with E-state index in [2.05, 4.69) is 39.1 Å². The van der Waals surface area contributed by atoms with Crippen LogP contribution in [0.25, 0.3) is 10.9 Å². The lowest BCUT2D eigenvalue weighted by Crippen LogP contribution is -2.23. The van der Waals surface area contributed by atoms with Crippen molar-refractivity contribution >= 4 is 39.2 Å². The summed E-state index contributed by atoms with van der Waals surface area (Å²) in [6.07, 6.45) is 1.57. The number of hydrogen-bond donors (Lipinski definition) is 1. The van der Waals surface area contributed by atoms with E-state index in [1.807, 2.05) is 39.0 Å². The van der Waals surface area contributed by atoms with Crippen molar-refractivity contribution in [3.8, 4) is 6.07 Å². The molecule has 0 atom stereocenters. The van der Waals surface area contributed by atoms with Crippen LogP contribution in [0.4, 0.5) is 5.69 Å². The van der Waals surface area contributed by atoms with Gasteiger partial charge in [0.15, 0.2) is 0 Å². The maximum atomic E-state index is 9.19. The molecule has 0 amide bonds. The van der Waals surface area contributed by atoms with E-state index in [9.17, 15) is 5.26 Å². The highest BCUT2D eigenvalue weighted by Gasteiger charge is 2.15. The van der Waals surface area contributed by atoms with Crippen LogP contribution in [0, 0.1) is 14.9 Å². The molecule has 19 heavy (non-hydrogen) atoms. The van der Waals surface area contributed by atoms with Gasteiger partial charge < -0.3 is 0 Å². The summed E-state index contributed by atoms with van der Waals surface area (Å²) < 4.78 is 1.04. The molecule has 0 spiro atoms. The number of nitrogens with zero attached hydrogens (tertiary/aromatic N) is 2. The Hall–Kier alpha value is -1.39. The van der Waals surface area contributed by atoms with Crippen molar-refractivity contribution < 1.29 is 4.84 Å². The summed E-state index contributed by atoms with van der Waals surface area (Å²) in [5, 5.41) is 10.1. The average molecular weight is 367 g/mol. The van der Waals surface area contributed by atoms with Crippen LogP contribution in [-0.2, 0) is 4.84 Å². The van der Waals surface area contributed by atoms with Crippen molar-refractivity contribution in [3.63, 3.8) is 0 Å². The third kappa shape index (κ3) is 3.14. The van der Waals surface area contributed by atoms with E-state index >= 15 is 0 Å². The molecule has 2 aromatic rings. The first-order chi connectivity index (χ1) is 8.92. The number of anilines is 1. The maximum absolute atomic E-state index is 9.19. The fourth-order valence-corrected chi connectivity index (χ4v) is 2.22. The van der Waals surface area contributed by atoms with E-state index in [1.165, 1.54) is 0 Å². The summed E-state index contributed by atoms with van der Waals surface area (Å²) in [5.74, 6) is 0. The van der Waals surface area contributed by atoms with Crippen LogP contribution in [0.5, 0.6) is 0 Å². The van der Waals surface area contributed by atoms with Crippen LogP contribution in [0.3, 0.4) is 0 Å². The van der Waals surface area contributed by atoms with Crippen molar-refractivity contribution in [2.24, 2.45) is 0 Å². The molecular formula is C14H14IN3O. The topological polar surface area (TPSA) is 57.9 Å². The first kappa shape index (κ1) is 14.0. The molecule has 0 aliphatic rings. The van der Waals surface area contributed by atoms with Crippen molar-refractivity contribution in [2.45, 2.75) is 26.4 Å². The van der Waals surface area contributed by atoms with Crippen LogP contribution in [-0.4, -0.2) is 10.6 Å². The van der Waals surface area contributed by atoms with Gasteiger partial charge in [0.05, 0.1) is 22.4 Å². The molecule has 1 heterocycles. The monoisotopic (exact) mass is 367 g/mol. The van der Waals surface area contributed by atoms with Crippen molar-refractivity contribution in [3.05, 3.63) is 33.5 Å². The van der Waals surface area contributed by atoms with Gasteiger partial charge in [-0.25, -0.2) is 0 Å². The molecule has 0 aliphatic carbocycles. The number of pyridine rings is 1. The zero-order valence-corrected chi connectivity index (χ0v) is 13.1. The van der Waals surface area contributed by atoms with Gasteiger partial charge in [-0.1, -0.05) is 12.1 Å². The van der Waals surface area contributed by atoms with Gasteiger partial charge in [-0.2, -0.15) is 5.26 Å². The second-order valence-electron chi connectivity index (χ2n) is 5.11. The van der Waals surface area contributed by atoms with Crippen LogP contribution < -0.4 is 5.48 Å². The molecule has 0 saturated heterocycles. The summed E-state index contributed by atoms with van der Waals surface area (Å²) in [4.78, 5) is 9.91. The number of para-hydroxylation sites is 1. The molecule has 5 heteroatoms. The van der Waals surface area contributed by atoms with E-state index in [4.69, 9.17) is 4.84 Å². The van der Waals surface area contributed by atoms with Crippen LogP contribution in [0.15, 0.2) is 24.4 Å². The highest BCUT2D eigenvalue weighted by atomic mass is 127. The molecule has 0 fully saturated rings. The Morgan fingerprint density at radius 1 is 1.37 bits per heavy atom. The SMILES string of the molecule is CC(C)(C)ONc1c(C#N)cnc2c(I)cccc12. The predicted octanol–water partition coefficient (Wildman–Crippen LogP) is 3.85. The van der Waals surface area contributed by atoms with E-state index < -0.39 is 0 Å². The molecule has 0 aliphatic heterocycles. The minimum atomic E-state index is -0.343. The normalized spacial score (nSPS) is 11.3. The number of nitriles is 1. The summed E-state index contributed by atoms with van der Waals surface area (Å²) >= 11 is 2.23. The second kappa shape index (κ2) is 5.31. The lowest BCUT2D eigenvalue weighted by molar-refractivity contribution is 0.0377. The molecule has 1 N–H and O–H groups in total. The Labute approximate surface area is 125 Å². The summed E-state index contributed by atoms with van der Waals surface area (Å²) in [7, 11) is 0. The number of hydrogen-bond acceptors (Lipinski definition) is 4. The first-order valence-electron chi connectivity index (χ1n) is 5.84. The Morgan fingerprint density at radius 3 is 2.74 bits per heavy atom. The molecule has 1 aromatic heterocycles.